The van der Waals surface area contributed by atoms with Crippen molar-refractivity contribution in [3.63, 3.8) is 0 Å². The lowest BCUT2D eigenvalue weighted by Gasteiger charge is -2.16. The lowest BCUT2D eigenvalue weighted by atomic mass is 10.2. The molecule has 0 radical (unpaired) electrons. The van der Waals surface area contributed by atoms with Gasteiger partial charge in [-0.05, 0) is 18.2 Å². The van der Waals surface area contributed by atoms with Crippen molar-refractivity contribution in [2.24, 2.45) is 0 Å². The Balaban J connectivity index is 2.93. The summed E-state index contributed by atoms with van der Waals surface area (Å²) in [6.07, 6.45) is -4.50. The molecule has 0 heterocycles. The molecular formula is C11H11ClF3NO3. The molecule has 0 aliphatic heterocycles. The van der Waals surface area contributed by atoms with Crippen LogP contribution < -0.4 is 5.32 Å². The smallest absolute Gasteiger partial charge is 0.416 e. The van der Waals surface area contributed by atoms with Gasteiger partial charge in [0.1, 0.15) is 6.04 Å². The van der Waals surface area contributed by atoms with Crippen molar-refractivity contribution < 1.29 is 27.8 Å². The fraction of sp³-hybridized carbons (Fsp3) is 0.364. The van der Waals surface area contributed by atoms with E-state index in [1.165, 1.54) is 7.11 Å². The highest BCUT2D eigenvalue weighted by molar-refractivity contribution is 6.33. The van der Waals surface area contributed by atoms with E-state index >= 15 is 0 Å². The van der Waals surface area contributed by atoms with Gasteiger partial charge in [-0.15, -0.1) is 0 Å². The number of hydrogen-bond acceptors (Lipinski definition) is 3. The lowest BCUT2D eigenvalue weighted by Crippen LogP contribution is -2.33. The molecule has 0 spiro atoms. The van der Waals surface area contributed by atoms with Crippen LogP contribution in [0.2, 0.25) is 5.02 Å². The number of carboxylic acid groups (broad SMARTS) is 1. The molecule has 0 aliphatic rings. The van der Waals surface area contributed by atoms with E-state index < -0.39 is 23.8 Å². The molecule has 1 atom stereocenters. The van der Waals surface area contributed by atoms with Crippen molar-refractivity contribution in [3.8, 4) is 0 Å². The summed E-state index contributed by atoms with van der Waals surface area (Å²) in [6.45, 7) is -0.146. The quantitative estimate of drug-likeness (QED) is 0.877. The number of nitrogens with one attached hydrogen (secondary N) is 1. The second-order valence-electron chi connectivity index (χ2n) is 3.68. The SMILES string of the molecule is COCC(Nc1ccc(C(F)(F)F)cc1Cl)C(=O)O. The van der Waals surface area contributed by atoms with Gasteiger partial charge in [-0.3, -0.25) is 0 Å². The van der Waals surface area contributed by atoms with Crippen LogP contribution in [-0.4, -0.2) is 30.8 Å². The highest BCUT2D eigenvalue weighted by Crippen LogP contribution is 2.33. The molecule has 0 aliphatic carbocycles. The van der Waals surface area contributed by atoms with Crippen molar-refractivity contribution in [2.45, 2.75) is 12.2 Å². The summed E-state index contributed by atoms with van der Waals surface area (Å²) in [6, 6.07) is 1.53. The molecule has 2 N–H and O–H groups in total. The van der Waals surface area contributed by atoms with Gasteiger partial charge in [0.15, 0.2) is 0 Å². The number of halogens is 4. The minimum Gasteiger partial charge on any atom is -0.480 e. The first-order valence-electron chi connectivity index (χ1n) is 5.10. The van der Waals surface area contributed by atoms with Crippen LogP contribution in [0.15, 0.2) is 18.2 Å². The predicted octanol–water partition coefficient (Wildman–Crippen LogP) is 2.87. The van der Waals surface area contributed by atoms with Crippen LogP contribution in [0.5, 0.6) is 0 Å². The van der Waals surface area contributed by atoms with E-state index in [2.05, 4.69) is 10.1 Å². The standard InChI is InChI=1S/C11H11ClF3NO3/c1-19-5-9(10(17)18)16-8-3-2-6(4-7(8)12)11(13,14)15/h2-4,9,16H,5H2,1H3,(H,17,18). The highest BCUT2D eigenvalue weighted by atomic mass is 35.5. The number of alkyl halides is 3. The molecule has 8 heteroatoms. The average Bonchev–Trinajstić information content (AvgIpc) is 2.29. The fourth-order valence-corrected chi connectivity index (χ4v) is 1.57. The monoisotopic (exact) mass is 297 g/mol. The third-order valence-corrected chi connectivity index (χ3v) is 2.57. The molecule has 1 rings (SSSR count). The molecule has 0 amide bonds. The number of benzene rings is 1. The van der Waals surface area contributed by atoms with E-state index in [0.29, 0.717) is 0 Å². The Kier molecular flexibility index (Phi) is 5.02. The van der Waals surface area contributed by atoms with Gasteiger partial charge in [-0.2, -0.15) is 13.2 Å². The number of carbonyl (C=O) groups is 1. The van der Waals surface area contributed by atoms with Crippen molar-refractivity contribution >= 4 is 23.3 Å². The maximum Gasteiger partial charge on any atom is 0.416 e. The lowest BCUT2D eigenvalue weighted by molar-refractivity contribution is -0.139. The summed E-state index contributed by atoms with van der Waals surface area (Å²) < 4.78 is 41.9. The number of rotatable bonds is 5. The predicted molar refractivity (Wildman–Crippen MR) is 63.4 cm³/mol. The van der Waals surface area contributed by atoms with Crippen molar-refractivity contribution in [1.82, 2.24) is 0 Å². The molecule has 0 bridgehead atoms. The van der Waals surface area contributed by atoms with Crippen LogP contribution in [0.4, 0.5) is 18.9 Å². The van der Waals surface area contributed by atoms with E-state index in [0.717, 1.165) is 18.2 Å². The normalized spacial score (nSPS) is 13.1. The number of carboxylic acids is 1. The molecular weight excluding hydrogens is 287 g/mol. The molecule has 1 unspecified atom stereocenters. The second kappa shape index (κ2) is 6.12. The number of ether oxygens (including phenoxy) is 1. The third-order valence-electron chi connectivity index (χ3n) is 2.26. The molecule has 1 aromatic rings. The zero-order valence-electron chi connectivity index (χ0n) is 9.79. The van der Waals surface area contributed by atoms with Gasteiger partial charge >= 0.3 is 12.1 Å². The van der Waals surface area contributed by atoms with Crippen LogP contribution in [0.1, 0.15) is 5.56 Å². The zero-order valence-corrected chi connectivity index (χ0v) is 10.5. The summed E-state index contributed by atoms with van der Waals surface area (Å²) in [5, 5.41) is 11.2. The Bertz CT molecular complexity index is 465. The highest BCUT2D eigenvalue weighted by Gasteiger charge is 2.31. The molecule has 0 fully saturated rings. The molecule has 0 aromatic heterocycles. The Morgan fingerprint density at radius 1 is 1.53 bits per heavy atom. The maximum atomic E-state index is 12.4. The fourth-order valence-electron chi connectivity index (χ4n) is 1.34. The van der Waals surface area contributed by atoms with Crippen molar-refractivity contribution in [2.75, 3.05) is 19.0 Å². The zero-order chi connectivity index (χ0) is 14.6. The molecule has 4 nitrogen and oxygen atoms in total. The van der Waals surface area contributed by atoms with Gasteiger partial charge in [0.2, 0.25) is 0 Å². The van der Waals surface area contributed by atoms with E-state index in [9.17, 15) is 18.0 Å². The summed E-state index contributed by atoms with van der Waals surface area (Å²) >= 11 is 5.69. The second-order valence-corrected chi connectivity index (χ2v) is 4.09. The third kappa shape index (κ3) is 4.29. The Hall–Kier alpha value is -1.47. The first kappa shape index (κ1) is 15.6. The van der Waals surface area contributed by atoms with E-state index in [1.807, 2.05) is 0 Å². The minimum atomic E-state index is -4.50. The maximum absolute atomic E-state index is 12.4. The first-order chi connectivity index (χ1) is 8.75. The minimum absolute atomic E-state index is 0.0964. The van der Waals surface area contributed by atoms with E-state index in [4.69, 9.17) is 16.7 Å². The van der Waals surface area contributed by atoms with E-state index in [-0.39, 0.29) is 17.3 Å². The molecule has 19 heavy (non-hydrogen) atoms. The number of anilines is 1. The molecule has 0 saturated heterocycles. The first-order valence-corrected chi connectivity index (χ1v) is 5.48. The summed E-state index contributed by atoms with van der Waals surface area (Å²) in [5.41, 5.74) is -0.805. The summed E-state index contributed by atoms with van der Waals surface area (Å²) in [7, 11) is 1.31. The van der Waals surface area contributed by atoms with Crippen LogP contribution >= 0.6 is 11.6 Å². The van der Waals surface area contributed by atoms with Gasteiger partial charge < -0.3 is 15.2 Å². The Morgan fingerprint density at radius 3 is 2.58 bits per heavy atom. The van der Waals surface area contributed by atoms with Crippen molar-refractivity contribution in [1.29, 1.82) is 0 Å². The van der Waals surface area contributed by atoms with Gasteiger partial charge in [0, 0.05) is 7.11 Å². The van der Waals surface area contributed by atoms with Gasteiger partial charge in [0.25, 0.3) is 0 Å². The van der Waals surface area contributed by atoms with Crippen LogP contribution in [-0.2, 0) is 15.7 Å². The Morgan fingerprint density at radius 2 is 2.16 bits per heavy atom. The topological polar surface area (TPSA) is 58.6 Å². The number of methoxy groups -OCH3 is 1. The summed E-state index contributed by atoms with van der Waals surface area (Å²) in [5.74, 6) is -1.20. The average molecular weight is 298 g/mol. The number of aliphatic carboxylic acids is 1. The van der Waals surface area contributed by atoms with Gasteiger partial charge in [-0.25, -0.2) is 4.79 Å². The molecule has 106 valence electrons. The largest absolute Gasteiger partial charge is 0.480 e. The molecule has 1 aromatic carbocycles. The van der Waals surface area contributed by atoms with Gasteiger partial charge in [0.05, 0.1) is 22.9 Å². The Labute approximate surface area is 112 Å². The van der Waals surface area contributed by atoms with Crippen LogP contribution in [0.25, 0.3) is 0 Å². The van der Waals surface area contributed by atoms with Crippen LogP contribution in [0.3, 0.4) is 0 Å². The van der Waals surface area contributed by atoms with Crippen molar-refractivity contribution in [3.05, 3.63) is 28.8 Å². The number of hydrogen-bond donors (Lipinski definition) is 2. The summed E-state index contributed by atoms with van der Waals surface area (Å²) in [4.78, 5) is 10.9. The molecule has 0 saturated carbocycles. The van der Waals surface area contributed by atoms with Gasteiger partial charge in [-0.1, -0.05) is 11.6 Å². The van der Waals surface area contributed by atoms with E-state index in [1.54, 1.807) is 0 Å². The van der Waals surface area contributed by atoms with Crippen LogP contribution in [0, 0.1) is 0 Å².